The highest BCUT2D eigenvalue weighted by Crippen LogP contribution is 2.29. The van der Waals surface area contributed by atoms with Crippen LogP contribution in [0, 0.1) is 0 Å². The molecule has 1 fully saturated rings. The van der Waals surface area contributed by atoms with Crippen LogP contribution in [0.3, 0.4) is 0 Å². The van der Waals surface area contributed by atoms with Crippen LogP contribution in [0.1, 0.15) is 42.4 Å². The van der Waals surface area contributed by atoms with Gasteiger partial charge in [-0.3, -0.25) is 9.59 Å². The van der Waals surface area contributed by atoms with Gasteiger partial charge in [-0.05, 0) is 48.2 Å². The average Bonchev–Trinajstić information content (AvgIpc) is 2.93. The molecule has 5 nitrogen and oxygen atoms in total. The largest absolute Gasteiger partial charge is 0.497 e. The van der Waals surface area contributed by atoms with Crippen LogP contribution in [-0.4, -0.2) is 29.9 Å². The summed E-state index contributed by atoms with van der Waals surface area (Å²) in [4.78, 5) is 27.2. The number of ether oxygens (including phenoxy) is 1. The number of hydrogen-bond donors (Lipinski definition) is 1. The molecular formula is C23H25F3N2O3. The van der Waals surface area contributed by atoms with Crippen molar-refractivity contribution in [3.05, 3.63) is 65.2 Å². The summed E-state index contributed by atoms with van der Waals surface area (Å²) >= 11 is 0. The van der Waals surface area contributed by atoms with Gasteiger partial charge >= 0.3 is 6.18 Å². The van der Waals surface area contributed by atoms with Gasteiger partial charge in [0.05, 0.1) is 12.7 Å². The zero-order valence-electron chi connectivity index (χ0n) is 17.2. The fourth-order valence-corrected chi connectivity index (χ4v) is 3.69. The summed E-state index contributed by atoms with van der Waals surface area (Å²) in [6.07, 6.45) is -2.15. The minimum Gasteiger partial charge on any atom is -0.497 e. The van der Waals surface area contributed by atoms with E-state index in [2.05, 4.69) is 5.32 Å². The molecule has 0 aromatic heterocycles. The summed E-state index contributed by atoms with van der Waals surface area (Å²) in [5.74, 6) is 0.181. The molecular weight excluding hydrogens is 409 g/mol. The molecule has 0 bridgehead atoms. The predicted molar refractivity (Wildman–Crippen MR) is 109 cm³/mol. The number of nitrogens with one attached hydrogen (secondary N) is 1. The molecule has 1 atom stereocenters. The first-order valence-corrected chi connectivity index (χ1v) is 10.1. The molecule has 0 saturated carbocycles. The summed E-state index contributed by atoms with van der Waals surface area (Å²) in [6.45, 7) is 0.220. The Kier molecular flexibility index (Phi) is 7.20. The number of rotatable bonds is 6. The standard InChI is InChI=1S/C23H25F3N2O3/c1-31-19-9-5-7-17(13-19)15-28-20(10-2-3-11-21(28)29)22(30)27-14-16-6-4-8-18(12-16)23(24,25)26/h4-9,12-13,20H,2-3,10-11,14-15H2,1H3,(H,27,30). The first kappa shape index (κ1) is 22.7. The third-order valence-electron chi connectivity index (χ3n) is 5.33. The molecule has 1 aliphatic heterocycles. The van der Waals surface area contributed by atoms with Crippen molar-refractivity contribution < 1.29 is 27.5 Å². The Morgan fingerprint density at radius 2 is 1.87 bits per heavy atom. The van der Waals surface area contributed by atoms with Crippen molar-refractivity contribution in [2.75, 3.05) is 7.11 Å². The number of amides is 2. The van der Waals surface area contributed by atoms with E-state index in [0.29, 0.717) is 30.6 Å². The Labute approximate surface area is 179 Å². The van der Waals surface area contributed by atoms with Crippen molar-refractivity contribution in [2.45, 2.75) is 51.0 Å². The lowest BCUT2D eigenvalue weighted by molar-refractivity contribution is -0.140. The van der Waals surface area contributed by atoms with E-state index in [1.54, 1.807) is 18.1 Å². The Hall–Kier alpha value is -3.03. The van der Waals surface area contributed by atoms with Gasteiger partial charge in [-0.25, -0.2) is 0 Å². The van der Waals surface area contributed by atoms with Crippen molar-refractivity contribution in [3.8, 4) is 5.75 Å². The van der Waals surface area contributed by atoms with Gasteiger partial charge in [-0.1, -0.05) is 30.7 Å². The molecule has 1 N–H and O–H groups in total. The molecule has 1 heterocycles. The second-order valence-electron chi connectivity index (χ2n) is 7.55. The summed E-state index contributed by atoms with van der Waals surface area (Å²) in [5, 5.41) is 2.71. The van der Waals surface area contributed by atoms with Crippen molar-refractivity contribution in [1.29, 1.82) is 0 Å². The highest BCUT2D eigenvalue weighted by molar-refractivity contribution is 5.88. The van der Waals surface area contributed by atoms with Crippen molar-refractivity contribution >= 4 is 11.8 Å². The minimum absolute atomic E-state index is 0.0412. The molecule has 0 spiro atoms. The van der Waals surface area contributed by atoms with Crippen LogP contribution in [0.4, 0.5) is 13.2 Å². The van der Waals surface area contributed by atoms with E-state index in [4.69, 9.17) is 4.74 Å². The molecule has 3 rings (SSSR count). The van der Waals surface area contributed by atoms with E-state index < -0.39 is 17.8 Å². The molecule has 2 aromatic carbocycles. The van der Waals surface area contributed by atoms with Gasteiger partial charge in [-0.15, -0.1) is 0 Å². The van der Waals surface area contributed by atoms with Crippen molar-refractivity contribution in [3.63, 3.8) is 0 Å². The van der Waals surface area contributed by atoms with Crippen molar-refractivity contribution in [1.82, 2.24) is 10.2 Å². The average molecular weight is 434 g/mol. The van der Waals surface area contributed by atoms with Crippen LogP contribution >= 0.6 is 0 Å². The first-order chi connectivity index (χ1) is 14.8. The van der Waals surface area contributed by atoms with Crippen LogP contribution in [0.25, 0.3) is 0 Å². The summed E-state index contributed by atoms with van der Waals surface area (Å²) in [7, 11) is 1.56. The van der Waals surface area contributed by atoms with Crippen LogP contribution in [0.15, 0.2) is 48.5 Å². The number of halogens is 3. The number of likely N-dealkylation sites (tertiary alicyclic amines) is 1. The second-order valence-corrected chi connectivity index (χ2v) is 7.55. The Morgan fingerprint density at radius 3 is 2.61 bits per heavy atom. The molecule has 2 aromatic rings. The van der Waals surface area contributed by atoms with Gasteiger partial charge in [0.1, 0.15) is 11.8 Å². The van der Waals surface area contributed by atoms with E-state index >= 15 is 0 Å². The number of alkyl halides is 3. The summed E-state index contributed by atoms with van der Waals surface area (Å²) in [5.41, 5.74) is 0.427. The molecule has 166 valence electrons. The smallest absolute Gasteiger partial charge is 0.416 e. The van der Waals surface area contributed by atoms with Gasteiger partial charge in [0.2, 0.25) is 11.8 Å². The van der Waals surface area contributed by atoms with Crippen LogP contribution < -0.4 is 10.1 Å². The maximum Gasteiger partial charge on any atom is 0.416 e. The topological polar surface area (TPSA) is 58.6 Å². The zero-order valence-corrected chi connectivity index (χ0v) is 17.2. The van der Waals surface area contributed by atoms with Gasteiger partial charge in [-0.2, -0.15) is 13.2 Å². The van der Waals surface area contributed by atoms with E-state index in [1.807, 2.05) is 18.2 Å². The molecule has 1 unspecified atom stereocenters. The number of methoxy groups -OCH3 is 1. The molecule has 2 amide bonds. The van der Waals surface area contributed by atoms with Crippen molar-refractivity contribution in [2.24, 2.45) is 0 Å². The fraction of sp³-hybridized carbons (Fsp3) is 0.391. The second kappa shape index (κ2) is 9.85. The Morgan fingerprint density at radius 1 is 1.13 bits per heavy atom. The predicted octanol–water partition coefficient (Wildman–Crippen LogP) is 4.30. The molecule has 1 saturated heterocycles. The zero-order chi connectivity index (χ0) is 22.4. The summed E-state index contributed by atoms with van der Waals surface area (Å²) < 4.78 is 44.0. The molecule has 31 heavy (non-hydrogen) atoms. The molecule has 8 heteroatoms. The highest BCUT2D eigenvalue weighted by atomic mass is 19.4. The number of benzene rings is 2. The normalized spacial score (nSPS) is 17.2. The third kappa shape index (κ3) is 5.99. The number of carbonyl (C=O) groups excluding carboxylic acids is 2. The fourth-order valence-electron chi connectivity index (χ4n) is 3.69. The van der Waals surface area contributed by atoms with Crippen LogP contribution in [0.2, 0.25) is 0 Å². The van der Waals surface area contributed by atoms with E-state index in [1.165, 1.54) is 12.1 Å². The van der Waals surface area contributed by atoms with Gasteiger partial charge in [0, 0.05) is 19.5 Å². The lowest BCUT2D eigenvalue weighted by atomic mass is 10.1. The Bertz CT molecular complexity index is 930. The SMILES string of the molecule is COc1cccc(CN2C(=O)CCCCC2C(=O)NCc2cccc(C(F)(F)F)c2)c1. The lowest BCUT2D eigenvalue weighted by Gasteiger charge is -2.29. The van der Waals surface area contributed by atoms with E-state index in [-0.39, 0.29) is 24.9 Å². The number of nitrogens with zero attached hydrogens (tertiary/aromatic N) is 1. The van der Waals surface area contributed by atoms with Gasteiger partial charge in [0.15, 0.2) is 0 Å². The third-order valence-corrected chi connectivity index (χ3v) is 5.33. The van der Waals surface area contributed by atoms with E-state index in [9.17, 15) is 22.8 Å². The van der Waals surface area contributed by atoms with Crippen LogP contribution in [0.5, 0.6) is 5.75 Å². The maximum atomic E-state index is 12.9. The molecule has 0 radical (unpaired) electrons. The molecule has 1 aliphatic rings. The maximum absolute atomic E-state index is 12.9. The monoisotopic (exact) mass is 434 g/mol. The van der Waals surface area contributed by atoms with Gasteiger partial charge in [0.25, 0.3) is 0 Å². The van der Waals surface area contributed by atoms with Gasteiger partial charge < -0.3 is 15.0 Å². The first-order valence-electron chi connectivity index (χ1n) is 10.1. The lowest BCUT2D eigenvalue weighted by Crippen LogP contribution is -2.48. The summed E-state index contributed by atoms with van der Waals surface area (Å²) in [6, 6.07) is 11.5. The quantitative estimate of drug-likeness (QED) is 0.738. The highest BCUT2D eigenvalue weighted by Gasteiger charge is 2.32. The molecule has 0 aliphatic carbocycles. The number of hydrogen-bond acceptors (Lipinski definition) is 3. The van der Waals surface area contributed by atoms with Crippen LogP contribution in [-0.2, 0) is 28.9 Å². The van der Waals surface area contributed by atoms with E-state index in [0.717, 1.165) is 24.1 Å². The minimum atomic E-state index is -4.44. The Balaban J connectivity index is 1.73. The number of carbonyl (C=O) groups is 2.